The summed E-state index contributed by atoms with van der Waals surface area (Å²) >= 11 is 0. The Morgan fingerprint density at radius 3 is 2.62 bits per heavy atom. The molecule has 8 heteroatoms. The number of carbonyl (C=O) groups is 1. The molecule has 0 unspecified atom stereocenters. The first-order valence-corrected chi connectivity index (χ1v) is 10.4. The Balaban J connectivity index is 1.73. The Labute approximate surface area is 186 Å². The number of amides is 1. The quantitative estimate of drug-likeness (QED) is 0.516. The molecule has 0 fully saturated rings. The van der Waals surface area contributed by atoms with Gasteiger partial charge in [-0.3, -0.25) is 9.78 Å². The van der Waals surface area contributed by atoms with E-state index >= 15 is 0 Å². The highest BCUT2D eigenvalue weighted by atomic mass is 19.1. The van der Waals surface area contributed by atoms with Gasteiger partial charge in [0.15, 0.2) is 0 Å². The molecule has 2 N–H and O–H groups in total. The zero-order chi connectivity index (χ0) is 23.1. The lowest BCUT2D eigenvalue weighted by Crippen LogP contribution is -2.35. The van der Waals surface area contributed by atoms with E-state index in [4.69, 9.17) is 0 Å². The molecule has 3 rings (SSSR count). The second-order valence-electron chi connectivity index (χ2n) is 8.15. The van der Waals surface area contributed by atoms with Crippen LogP contribution >= 0.6 is 0 Å². The highest BCUT2D eigenvalue weighted by molar-refractivity contribution is 5.72. The minimum absolute atomic E-state index is 0.0923. The highest BCUT2D eigenvalue weighted by Crippen LogP contribution is 2.31. The van der Waals surface area contributed by atoms with Gasteiger partial charge in [0.2, 0.25) is 5.91 Å². The van der Waals surface area contributed by atoms with Crippen molar-refractivity contribution in [3.8, 4) is 11.3 Å². The fourth-order valence-corrected chi connectivity index (χ4v) is 3.64. The molecule has 0 spiro atoms. The van der Waals surface area contributed by atoms with E-state index in [2.05, 4.69) is 25.8 Å². The van der Waals surface area contributed by atoms with Crippen LogP contribution in [-0.2, 0) is 16.8 Å². The maximum Gasteiger partial charge on any atom is 0.217 e. The van der Waals surface area contributed by atoms with Gasteiger partial charge in [-0.15, -0.1) is 10.2 Å². The SMILES string of the molecule is CC(=O)NCc1cccc(-c2ccc(NC[C@](C)(C[C@H](C)F)c3ncccc3F)nn2)c1. The molecule has 2 atom stereocenters. The monoisotopic (exact) mass is 439 g/mol. The van der Waals surface area contributed by atoms with Gasteiger partial charge in [0, 0.05) is 37.2 Å². The van der Waals surface area contributed by atoms with Crippen molar-refractivity contribution in [2.45, 2.75) is 45.3 Å². The zero-order valence-electron chi connectivity index (χ0n) is 18.4. The molecule has 0 aliphatic heterocycles. The van der Waals surface area contributed by atoms with Gasteiger partial charge in [-0.25, -0.2) is 8.78 Å². The average molecular weight is 440 g/mol. The molecule has 0 bridgehead atoms. The maximum absolute atomic E-state index is 14.4. The number of rotatable bonds is 9. The lowest BCUT2D eigenvalue weighted by molar-refractivity contribution is -0.119. The summed E-state index contributed by atoms with van der Waals surface area (Å²) in [5, 5.41) is 14.4. The van der Waals surface area contributed by atoms with Gasteiger partial charge < -0.3 is 10.6 Å². The van der Waals surface area contributed by atoms with Crippen LogP contribution in [0.15, 0.2) is 54.7 Å². The predicted molar refractivity (Wildman–Crippen MR) is 120 cm³/mol. The molecule has 6 nitrogen and oxygen atoms in total. The van der Waals surface area contributed by atoms with Crippen LogP contribution in [-0.4, -0.2) is 33.8 Å². The van der Waals surface area contributed by atoms with Crippen LogP contribution in [0, 0.1) is 5.82 Å². The zero-order valence-corrected chi connectivity index (χ0v) is 18.4. The maximum atomic E-state index is 14.4. The van der Waals surface area contributed by atoms with Crippen molar-refractivity contribution in [1.82, 2.24) is 20.5 Å². The van der Waals surface area contributed by atoms with Gasteiger partial charge >= 0.3 is 0 Å². The number of hydrogen-bond acceptors (Lipinski definition) is 5. The van der Waals surface area contributed by atoms with Crippen LogP contribution in [0.2, 0.25) is 0 Å². The van der Waals surface area contributed by atoms with Gasteiger partial charge in [0.05, 0.1) is 17.6 Å². The van der Waals surface area contributed by atoms with Crippen molar-refractivity contribution in [2.24, 2.45) is 0 Å². The van der Waals surface area contributed by atoms with Crippen molar-refractivity contribution < 1.29 is 13.6 Å². The number of anilines is 1. The van der Waals surface area contributed by atoms with E-state index in [1.807, 2.05) is 30.3 Å². The predicted octanol–water partition coefficient (Wildman–Crippen LogP) is 4.43. The van der Waals surface area contributed by atoms with E-state index in [0.29, 0.717) is 18.1 Å². The van der Waals surface area contributed by atoms with Crippen LogP contribution in [0.3, 0.4) is 0 Å². The van der Waals surface area contributed by atoms with Crippen molar-refractivity contribution in [1.29, 1.82) is 0 Å². The van der Waals surface area contributed by atoms with Crippen LogP contribution in [0.5, 0.6) is 0 Å². The second kappa shape index (κ2) is 10.3. The number of pyridine rings is 1. The van der Waals surface area contributed by atoms with E-state index in [9.17, 15) is 13.6 Å². The molecule has 0 saturated carbocycles. The number of alkyl halides is 1. The largest absolute Gasteiger partial charge is 0.368 e. The average Bonchev–Trinajstić information content (AvgIpc) is 2.77. The molecule has 0 aliphatic carbocycles. The third-order valence-corrected chi connectivity index (χ3v) is 5.15. The lowest BCUT2D eigenvalue weighted by atomic mass is 9.81. The van der Waals surface area contributed by atoms with E-state index in [1.165, 1.54) is 32.2 Å². The third-order valence-electron chi connectivity index (χ3n) is 5.15. The summed E-state index contributed by atoms with van der Waals surface area (Å²) < 4.78 is 28.3. The minimum atomic E-state index is -1.12. The number of benzene rings is 1. The topological polar surface area (TPSA) is 79.8 Å². The van der Waals surface area contributed by atoms with Crippen LogP contribution < -0.4 is 10.6 Å². The molecule has 1 amide bonds. The van der Waals surface area contributed by atoms with Crippen molar-refractivity contribution >= 4 is 11.7 Å². The van der Waals surface area contributed by atoms with Crippen LogP contribution in [0.25, 0.3) is 11.3 Å². The summed E-state index contributed by atoms with van der Waals surface area (Å²) in [6.07, 6.45) is 0.496. The highest BCUT2D eigenvalue weighted by Gasteiger charge is 2.33. The molecule has 2 aromatic heterocycles. The summed E-state index contributed by atoms with van der Waals surface area (Å²) in [5.74, 6) is -0.0550. The molecule has 32 heavy (non-hydrogen) atoms. The van der Waals surface area contributed by atoms with Gasteiger partial charge in [-0.1, -0.05) is 25.1 Å². The summed E-state index contributed by atoms with van der Waals surface area (Å²) in [6.45, 7) is 5.39. The van der Waals surface area contributed by atoms with Crippen LogP contribution in [0.1, 0.15) is 38.4 Å². The Bertz CT molecular complexity index is 1060. The molecular formula is C24H27F2N5O. The summed E-state index contributed by atoms with van der Waals surface area (Å²) in [5.41, 5.74) is 1.86. The van der Waals surface area contributed by atoms with E-state index in [0.717, 1.165) is 11.1 Å². The molecule has 3 aromatic rings. The van der Waals surface area contributed by atoms with Gasteiger partial charge in [-0.05, 0) is 49.2 Å². The number of aromatic nitrogens is 3. The first-order chi connectivity index (χ1) is 15.3. The molecule has 0 radical (unpaired) electrons. The van der Waals surface area contributed by atoms with E-state index < -0.39 is 17.4 Å². The Morgan fingerprint density at radius 2 is 1.97 bits per heavy atom. The molecule has 2 heterocycles. The number of hydrogen-bond donors (Lipinski definition) is 2. The fraction of sp³-hybridized carbons (Fsp3) is 0.333. The second-order valence-corrected chi connectivity index (χ2v) is 8.15. The number of halogens is 2. The summed E-state index contributed by atoms with van der Waals surface area (Å²) in [6, 6.07) is 14.1. The lowest BCUT2D eigenvalue weighted by Gasteiger charge is -2.30. The summed E-state index contributed by atoms with van der Waals surface area (Å²) in [4.78, 5) is 15.3. The Morgan fingerprint density at radius 1 is 1.16 bits per heavy atom. The molecule has 0 aliphatic rings. The Kier molecular flexibility index (Phi) is 7.45. The molecule has 1 aromatic carbocycles. The number of nitrogens with one attached hydrogen (secondary N) is 2. The number of carbonyl (C=O) groups excluding carboxylic acids is 1. The van der Waals surface area contributed by atoms with Crippen molar-refractivity contribution in [3.63, 3.8) is 0 Å². The van der Waals surface area contributed by atoms with Crippen molar-refractivity contribution in [2.75, 3.05) is 11.9 Å². The molecular weight excluding hydrogens is 412 g/mol. The van der Waals surface area contributed by atoms with Gasteiger partial charge in [0.25, 0.3) is 0 Å². The third kappa shape index (κ3) is 6.06. The minimum Gasteiger partial charge on any atom is -0.368 e. The molecule has 168 valence electrons. The Hall–Kier alpha value is -3.42. The first kappa shape index (κ1) is 23.2. The van der Waals surface area contributed by atoms with Gasteiger partial charge in [-0.2, -0.15) is 0 Å². The first-order valence-electron chi connectivity index (χ1n) is 10.4. The van der Waals surface area contributed by atoms with E-state index in [-0.39, 0.29) is 24.6 Å². The van der Waals surface area contributed by atoms with E-state index in [1.54, 1.807) is 13.0 Å². The summed E-state index contributed by atoms with van der Waals surface area (Å²) in [7, 11) is 0. The fourth-order valence-electron chi connectivity index (χ4n) is 3.64. The molecule has 0 saturated heterocycles. The normalized spacial score (nSPS) is 13.8. The van der Waals surface area contributed by atoms with Crippen molar-refractivity contribution in [3.05, 3.63) is 71.8 Å². The standard InChI is InChI=1S/C24H27F2N5O/c1-16(25)13-24(3,23-20(26)8-5-11-27-23)15-29-22-10-9-21(30-31-22)19-7-4-6-18(12-19)14-28-17(2)32/h4-12,16H,13-15H2,1-3H3,(H,28,32)(H,29,31)/t16-,24-/m0/s1. The van der Waals surface area contributed by atoms with Crippen LogP contribution in [0.4, 0.5) is 14.6 Å². The smallest absolute Gasteiger partial charge is 0.217 e. The van der Waals surface area contributed by atoms with Gasteiger partial charge in [0.1, 0.15) is 11.6 Å². The number of nitrogens with zero attached hydrogens (tertiary/aromatic N) is 3.